The molecule has 2 saturated heterocycles. The van der Waals surface area contributed by atoms with Gasteiger partial charge in [0.25, 0.3) is 0 Å². The van der Waals surface area contributed by atoms with Gasteiger partial charge in [0.2, 0.25) is 0 Å². The van der Waals surface area contributed by atoms with E-state index in [1.54, 1.807) is 24.5 Å². The van der Waals surface area contributed by atoms with E-state index in [1.807, 2.05) is 28.8 Å². The van der Waals surface area contributed by atoms with E-state index in [1.165, 1.54) is 18.6 Å². The minimum absolute atomic E-state index is 0.262. The molecule has 0 bridgehead atoms. The van der Waals surface area contributed by atoms with E-state index in [4.69, 9.17) is 10.1 Å². The number of rotatable bonds is 3. The monoisotopic (exact) mass is 400 g/mol. The molecule has 1 aromatic carbocycles. The van der Waals surface area contributed by atoms with Gasteiger partial charge in [-0.05, 0) is 67.4 Å². The maximum atomic E-state index is 13.5. The van der Waals surface area contributed by atoms with E-state index >= 15 is 0 Å². The zero-order valence-corrected chi connectivity index (χ0v) is 16.4. The number of anilines is 1. The first-order chi connectivity index (χ1) is 14.8. The van der Waals surface area contributed by atoms with E-state index < -0.39 is 0 Å². The van der Waals surface area contributed by atoms with Crippen molar-refractivity contribution in [3.63, 3.8) is 0 Å². The first kappa shape index (κ1) is 17.5. The Morgan fingerprint density at radius 2 is 1.77 bits per heavy atom. The van der Waals surface area contributed by atoms with Crippen molar-refractivity contribution in [2.75, 3.05) is 24.5 Å². The van der Waals surface area contributed by atoms with E-state index in [-0.39, 0.29) is 5.82 Å². The second-order valence-corrected chi connectivity index (χ2v) is 8.03. The van der Waals surface area contributed by atoms with Gasteiger partial charge in [-0.1, -0.05) is 0 Å². The topological polar surface area (TPSA) is 58.4 Å². The lowest BCUT2D eigenvalue weighted by atomic mass is 10.1. The number of hydrogen-bond donors (Lipinski definition) is 1. The van der Waals surface area contributed by atoms with Gasteiger partial charge < -0.3 is 10.2 Å². The van der Waals surface area contributed by atoms with Crippen LogP contribution >= 0.6 is 0 Å². The van der Waals surface area contributed by atoms with Gasteiger partial charge in [0, 0.05) is 42.7 Å². The van der Waals surface area contributed by atoms with Crippen molar-refractivity contribution in [1.82, 2.24) is 24.9 Å². The molecule has 0 amide bonds. The molecule has 2 atom stereocenters. The van der Waals surface area contributed by atoms with Crippen molar-refractivity contribution >= 4 is 11.5 Å². The molecular weight excluding hydrogens is 379 g/mol. The smallest absolute Gasteiger partial charge is 0.155 e. The molecule has 1 N–H and O–H groups in total. The molecule has 0 spiro atoms. The largest absolute Gasteiger partial charge is 0.353 e. The van der Waals surface area contributed by atoms with Crippen molar-refractivity contribution in [3.05, 3.63) is 66.7 Å². The van der Waals surface area contributed by atoms with Crippen LogP contribution in [0.1, 0.15) is 6.42 Å². The Labute approximate surface area is 173 Å². The first-order valence-corrected chi connectivity index (χ1v) is 10.3. The minimum atomic E-state index is -0.262. The zero-order valence-electron chi connectivity index (χ0n) is 16.4. The first-order valence-electron chi connectivity index (χ1n) is 10.3. The van der Waals surface area contributed by atoms with Gasteiger partial charge in [-0.2, -0.15) is 0 Å². The lowest BCUT2D eigenvalue weighted by Gasteiger charge is -2.18. The Bertz CT molecular complexity index is 1190. The molecule has 0 radical (unpaired) electrons. The third kappa shape index (κ3) is 2.85. The van der Waals surface area contributed by atoms with E-state index in [0.717, 1.165) is 53.6 Å². The van der Waals surface area contributed by atoms with Crippen molar-refractivity contribution in [3.8, 4) is 22.5 Å². The third-order valence-electron chi connectivity index (χ3n) is 6.22. The third-order valence-corrected chi connectivity index (χ3v) is 6.22. The molecule has 2 unspecified atom stereocenters. The number of fused-ring (bicyclic) bond motifs is 2. The van der Waals surface area contributed by atoms with Crippen LogP contribution in [-0.4, -0.2) is 45.3 Å². The number of pyridine rings is 1. The van der Waals surface area contributed by atoms with Crippen molar-refractivity contribution < 1.29 is 4.39 Å². The quantitative estimate of drug-likeness (QED) is 0.571. The summed E-state index contributed by atoms with van der Waals surface area (Å²) in [7, 11) is 0. The van der Waals surface area contributed by atoms with Crippen LogP contribution < -0.4 is 10.2 Å². The highest BCUT2D eigenvalue weighted by Crippen LogP contribution is 2.34. The maximum Gasteiger partial charge on any atom is 0.155 e. The average Bonchev–Trinajstić information content (AvgIpc) is 3.47. The fourth-order valence-corrected chi connectivity index (χ4v) is 4.71. The lowest BCUT2D eigenvalue weighted by Crippen LogP contribution is -2.30. The normalized spacial score (nSPS) is 20.8. The van der Waals surface area contributed by atoms with Gasteiger partial charge in [0.1, 0.15) is 17.3 Å². The summed E-state index contributed by atoms with van der Waals surface area (Å²) < 4.78 is 15.4. The molecular formula is C23H21FN6. The summed E-state index contributed by atoms with van der Waals surface area (Å²) in [5, 5.41) is 8.58. The number of nitrogens with zero attached hydrogens (tertiary/aromatic N) is 5. The van der Waals surface area contributed by atoms with Crippen molar-refractivity contribution in [2.45, 2.75) is 12.5 Å². The summed E-state index contributed by atoms with van der Waals surface area (Å²) in [4.78, 5) is 11.3. The molecule has 7 heteroatoms. The Morgan fingerprint density at radius 1 is 0.933 bits per heavy atom. The summed E-state index contributed by atoms with van der Waals surface area (Å²) in [5.74, 6) is 1.39. The number of nitrogens with one attached hydrogen (secondary N) is 1. The minimum Gasteiger partial charge on any atom is -0.353 e. The highest BCUT2D eigenvalue weighted by Gasteiger charge is 2.36. The SMILES string of the molecule is Fc1ccc(-c2nc3ccc(N4CC5CCNC5C4)nn3c2-c2ccncc2)cc1. The van der Waals surface area contributed by atoms with Crippen LogP contribution in [0.5, 0.6) is 0 Å². The number of benzene rings is 1. The van der Waals surface area contributed by atoms with Crippen LogP contribution in [0.15, 0.2) is 60.9 Å². The average molecular weight is 400 g/mol. The summed E-state index contributed by atoms with van der Waals surface area (Å²) >= 11 is 0. The van der Waals surface area contributed by atoms with Gasteiger partial charge in [0.15, 0.2) is 5.65 Å². The summed E-state index contributed by atoms with van der Waals surface area (Å²) in [5.41, 5.74) is 4.27. The molecule has 5 heterocycles. The van der Waals surface area contributed by atoms with Crippen LogP contribution in [0.4, 0.5) is 10.2 Å². The summed E-state index contributed by atoms with van der Waals surface area (Å²) in [6.45, 7) is 3.12. The Morgan fingerprint density at radius 3 is 2.57 bits per heavy atom. The van der Waals surface area contributed by atoms with Crippen LogP contribution in [0.2, 0.25) is 0 Å². The summed E-state index contributed by atoms with van der Waals surface area (Å²) in [6.07, 6.45) is 4.76. The zero-order chi connectivity index (χ0) is 20.1. The van der Waals surface area contributed by atoms with Crippen LogP contribution in [0.3, 0.4) is 0 Å². The summed E-state index contributed by atoms with van der Waals surface area (Å²) in [6, 6.07) is 15.0. The van der Waals surface area contributed by atoms with E-state index in [9.17, 15) is 4.39 Å². The highest BCUT2D eigenvalue weighted by atomic mass is 19.1. The second-order valence-electron chi connectivity index (χ2n) is 8.03. The number of halogens is 1. The van der Waals surface area contributed by atoms with Gasteiger partial charge in [-0.25, -0.2) is 13.9 Å². The molecule has 150 valence electrons. The maximum absolute atomic E-state index is 13.5. The standard InChI is InChI=1S/C23H21FN6/c24-18-3-1-15(2-4-18)22-23(16-7-10-25-11-8-16)30-20(27-22)5-6-21(28-30)29-13-17-9-12-26-19(17)14-29/h1-8,10-11,17,19,26H,9,12-14H2. The Balaban J connectivity index is 1.50. The Hall–Kier alpha value is -3.32. The molecule has 2 aliphatic rings. The molecule has 0 saturated carbocycles. The van der Waals surface area contributed by atoms with Crippen LogP contribution in [0, 0.1) is 11.7 Å². The van der Waals surface area contributed by atoms with Gasteiger partial charge in [-0.3, -0.25) is 4.98 Å². The highest BCUT2D eigenvalue weighted by molar-refractivity contribution is 5.81. The second kappa shape index (κ2) is 6.88. The number of hydrogen-bond acceptors (Lipinski definition) is 5. The van der Waals surface area contributed by atoms with Crippen molar-refractivity contribution in [1.29, 1.82) is 0 Å². The Kier molecular flexibility index (Phi) is 4.02. The molecule has 0 aliphatic carbocycles. The molecule has 3 aromatic heterocycles. The fourth-order valence-electron chi connectivity index (χ4n) is 4.71. The van der Waals surface area contributed by atoms with Crippen molar-refractivity contribution in [2.24, 2.45) is 5.92 Å². The van der Waals surface area contributed by atoms with Crippen LogP contribution in [-0.2, 0) is 0 Å². The predicted molar refractivity (Wildman–Crippen MR) is 114 cm³/mol. The fraction of sp³-hybridized carbons (Fsp3) is 0.261. The number of aromatic nitrogens is 4. The lowest BCUT2D eigenvalue weighted by molar-refractivity contribution is 0.556. The van der Waals surface area contributed by atoms with E-state index in [2.05, 4.69) is 15.2 Å². The molecule has 6 nitrogen and oxygen atoms in total. The predicted octanol–water partition coefficient (Wildman–Crippen LogP) is 3.40. The van der Waals surface area contributed by atoms with Gasteiger partial charge >= 0.3 is 0 Å². The molecule has 2 fully saturated rings. The molecule has 6 rings (SSSR count). The van der Waals surface area contributed by atoms with Gasteiger partial charge in [-0.15, -0.1) is 5.10 Å². The molecule has 30 heavy (non-hydrogen) atoms. The molecule has 2 aliphatic heterocycles. The van der Waals surface area contributed by atoms with E-state index in [0.29, 0.717) is 12.0 Å². The molecule has 4 aromatic rings. The van der Waals surface area contributed by atoms with Crippen LogP contribution in [0.25, 0.3) is 28.2 Å². The van der Waals surface area contributed by atoms with Gasteiger partial charge in [0.05, 0.1) is 5.69 Å². The number of imidazole rings is 1.